The second-order valence-corrected chi connectivity index (χ2v) is 10.9. The van der Waals surface area contributed by atoms with Crippen LogP contribution in [0.5, 0.6) is 5.75 Å². The van der Waals surface area contributed by atoms with E-state index < -0.39 is 10.0 Å². The molecule has 0 spiro atoms. The van der Waals surface area contributed by atoms with Crippen LogP contribution in [0, 0.1) is 0 Å². The zero-order valence-corrected chi connectivity index (χ0v) is 20.0. The lowest BCUT2D eigenvalue weighted by atomic mass is 9.95. The van der Waals surface area contributed by atoms with E-state index in [1.54, 1.807) is 11.0 Å². The van der Waals surface area contributed by atoms with Gasteiger partial charge in [0, 0.05) is 17.8 Å². The van der Waals surface area contributed by atoms with Gasteiger partial charge in [0.15, 0.2) is 0 Å². The maximum Gasteiger partial charge on any atom is 0.243 e. The summed E-state index contributed by atoms with van der Waals surface area (Å²) in [5.41, 5.74) is 1.99. The summed E-state index contributed by atoms with van der Waals surface area (Å²) in [7, 11) is -2.44. The minimum atomic E-state index is -3.92. The van der Waals surface area contributed by atoms with Crippen LogP contribution in [0.2, 0.25) is 5.02 Å². The predicted octanol–water partition coefficient (Wildman–Crippen LogP) is 4.65. The number of carbonyl (C=O) groups is 1. The van der Waals surface area contributed by atoms with Gasteiger partial charge in [-0.05, 0) is 56.0 Å². The summed E-state index contributed by atoms with van der Waals surface area (Å²) < 4.78 is 34.0. The van der Waals surface area contributed by atoms with Gasteiger partial charge in [0.1, 0.15) is 5.75 Å². The number of para-hydroxylation sites is 1. The molecule has 32 heavy (non-hydrogen) atoms. The number of hydrogen-bond acceptors (Lipinski definition) is 4. The molecule has 2 aliphatic rings. The number of benzene rings is 2. The van der Waals surface area contributed by atoms with Crippen LogP contribution in [0.3, 0.4) is 0 Å². The molecule has 6 nitrogen and oxygen atoms in total. The molecule has 0 saturated heterocycles. The Morgan fingerprint density at radius 1 is 1.16 bits per heavy atom. The SMILES string of the molecule is COc1ccc(S(=O)(=O)N(CC(=O)N2c3ccccc3C[C@@H]2C)C2CCCCC2)cc1Cl. The normalized spacial score (nSPS) is 19.2. The van der Waals surface area contributed by atoms with Gasteiger partial charge in [0.05, 0.1) is 23.6 Å². The second kappa shape index (κ2) is 9.41. The molecule has 0 N–H and O–H groups in total. The van der Waals surface area contributed by atoms with E-state index in [0.29, 0.717) is 5.75 Å². The van der Waals surface area contributed by atoms with Crippen molar-refractivity contribution in [1.29, 1.82) is 0 Å². The first kappa shape index (κ1) is 23.1. The van der Waals surface area contributed by atoms with E-state index in [-0.39, 0.29) is 34.5 Å². The molecule has 0 radical (unpaired) electrons. The zero-order valence-electron chi connectivity index (χ0n) is 18.5. The molecule has 0 bridgehead atoms. The smallest absolute Gasteiger partial charge is 0.243 e. The van der Waals surface area contributed by atoms with Crippen LogP contribution in [0.15, 0.2) is 47.4 Å². The third kappa shape index (κ3) is 4.38. The van der Waals surface area contributed by atoms with Crippen molar-refractivity contribution in [1.82, 2.24) is 4.31 Å². The van der Waals surface area contributed by atoms with Gasteiger partial charge in [-0.2, -0.15) is 4.31 Å². The molecular weight excluding hydrogens is 448 g/mol. The Morgan fingerprint density at radius 3 is 2.56 bits per heavy atom. The number of hydrogen-bond donors (Lipinski definition) is 0. The van der Waals surface area contributed by atoms with Crippen LogP contribution < -0.4 is 9.64 Å². The average molecular weight is 477 g/mol. The van der Waals surface area contributed by atoms with Gasteiger partial charge in [0.2, 0.25) is 15.9 Å². The molecule has 1 fully saturated rings. The number of nitrogens with zero attached hydrogens (tertiary/aromatic N) is 2. The fourth-order valence-electron chi connectivity index (χ4n) is 4.88. The number of ether oxygens (including phenoxy) is 1. The van der Waals surface area contributed by atoms with Gasteiger partial charge in [-0.15, -0.1) is 0 Å². The number of rotatable bonds is 6. The third-order valence-electron chi connectivity index (χ3n) is 6.48. The van der Waals surface area contributed by atoms with Crippen molar-refractivity contribution >= 4 is 33.2 Å². The van der Waals surface area contributed by atoms with Crippen molar-refractivity contribution in [2.24, 2.45) is 0 Å². The summed E-state index contributed by atoms with van der Waals surface area (Å²) in [5.74, 6) is 0.213. The Labute approximate surface area is 195 Å². The molecule has 1 atom stereocenters. The molecule has 0 unspecified atom stereocenters. The average Bonchev–Trinajstić information content (AvgIpc) is 3.13. The first-order valence-electron chi connectivity index (χ1n) is 11.1. The van der Waals surface area contributed by atoms with Crippen molar-refractivity contribution in [3.05, 3.63) is 53.1 Å². The second-order valence-electron chi connectivity index (χ2n) is 8.58. The maximum absolute atomic E-state index is 13.7. The van der Waals surface area contributed by atoms with Gasteiger partial charge in [-0.1, -0.05) is 49.1 Å². The molecule has 1 saturated carbocycles. The number of methoxy groups -OCH3 is 1. The fraction of sp³-hybridized carbons (Fsp3) is 0.458. The summed E-state index contributed by atoms with van der Waals surface area (Å²) in [6, 6.07) is 12.1. The molecule has 1 amide bonds. The monoisotopic (exact) mass is 476 g/mol. The van der Waals surface area contributed by atoms with E-state index in [0.717, 1.165) is 49.8 Å². The minimum Gasteiger partial charge on any atom is -0.495 e. The quantitative estimate of drug-likeness (QED) is 0.608. The summed E-state index contributed by atoms with van der Waals surface area (Å²) in [6.45, 7) is 1.82. The van der Waals surface area contributed by atoms with E-state index >= 15 is 0 Å². The highest BCUT2D eigenvalue weighted by molar-refractivity contribution is 7.89. The first-order chi connectivity index (χ1) is 15.3. The summed E-state index contributed by atoms with van der Waals surface area (Å²) >= 11 is 6.23. The Hall–Kier alpha value is -2.09. The number of halogens is 1. The maximum atomic E-state index is 13.7. The molecular formula is C24H29ClN2O4S. The highest BCUT2D eigenvalue weighted by Gasteiger charge is 2.38. The summed E-state index contributed by atoms with van der Waals surface area (Å²) in [5, 5.41) is 0.227. The van der Waals surface area contributed by atoms with Crippen molar-refractivity contribution < 1.29 is 17.9 Å². The van der Waals surface area contributed by atoms with Crippen LogP contribution in [-0.4, -0.2) is 44.4 Å². The zero-order chi connectivity index (χ0) is 22.9. The van der Waals surface area contributed by atoms with Gasteiger partial charge in [0.25, 0.3) is 0 Å². The Morgan fingerprint density at radius 2 is 1.88 bits per heavy atom. The topological polar surface area (TPSA) is 66.9 Å². The molecule has 4 rings (SSSR count). The van der Waals surface area contributed by atoms with E-state index in [1.807, 2.05) is 31.2 Å². The standard InChI is InChI=1S/C24H29ClN2O4S/c1-17-14-18-8-6-7-11-22(18)27(17)24(28)16-26(19-9-4-3-5-10-19)32(29,30)20-12-13-23(31-2)21(25)15-20/h6-8,11-13,15,17,19H,3-5,9-10,14,16H2,1-2H3/t17-/m0/s1. The van der Waals surface area contributed by atoms with Gasteiger partial charge in [-0.25, -0.2) is 8.42 Å². The fourth-order valence-corrected chi connectivity index (χ4v) is 6.86. The van der Waals surface area contributed by atoms with E-state index in [2.05, 4.69) is 0 Å². The summed E-state index contributed by atoms with van der Waals surface area (Å²) in [4.78, 5) is 15.3. The molecule has 8 heteroatoms. The number of sulfonamides is 1. The minimum absolute atomic E-state index is 0.00811. The van der Waals surface area contributed by atoms with Gasteiger partial charge in [-0.3, -0.25) is 4.79 Å². The Kier molecular flexibility index (Phi) is 6.79. The third-order valence-corrected chi connectivity index (χ3v) is 8.67. The number of carbonyl (C=O) groups excluding carboxylic acids is 1. The van der Waals surface area contributed by atoms with Crippen molar-refractivity contribution in [2.45, 2.75) is 62.4 Å². The van der Waals surface area contributed by atoms with E-state index in [1.165, 1.54) is 23.5 Å². The molecule has 1 aliphatic carbocycles. The summed E-state index contributed by atoms with van der Waals surface area (Å²) in [6.07, 6.45) is 5.27. The molecule has 1 heterocycles. The van der Waals surface area contributed by atoms with Gasteiger partial charge < -0.3 is 9.64 Å². The highest BCUT2D eigenvalue weighted by Crippen LogP contribution is 2.34. The number of anilines is 1. The van der Waals surface area contributed by atoms with Crippen LogP contribution in [0.1, 0.15) is 44.6 Å². The first-order valence-corrected chi connectivity index (χ1v) is 12.9. The van der Waals surface area contributed by atoms with Crippen molar-refractivity contribution in [3.63, 3.8) is 0 Å². The molecule has 2 aromatic rings. The lowest BCUT2D eigenvalue weighted by Crippen LogP contribution is -2.49. The highest BCUT2D eigenvalue weighted by atomic mass is 35.5. The van der Waals surface area contributed by atoms with Crippen LogP contribution in [-0.2, 0) is 21.2 Å². The predicted molar refractivity (Wildman–Crippen MR) is 126 cm³/mol. The number of fused-ring (bicyclic) bond motifs is 1. The molecule has 172 valence electrons. The Bertz CT molecular complexity index is 1100. The van der Waals surface area contributed by atoms with Crippen molar-refractivity contribution in [2.75, 3.05) is 18.6 Å². The lowest BCUT2D eigenvalue weighted by molar-refractivity contribution is -0.119. The van der Waals surface area contributed by atoms with Crippen LogP contribution in [0.25, 0.3) is 0 Å². The van der Waals surface area contributed by atoms with Crippen molar-refractivity contribution in [3.8, 4) is 5.75 Å². The molecule has 1 aliphatic heterocycles. The van der Waals surface area contributed by atoms with Gasteiger partial charge >= 0.3 is 0 Å². The Balaban J connectivity index is 1.67. The lowest BCUT2D eigenvalue weighted by Gasteiger charge is -2.34. The molecule has 0 aromatic heterocycles. The van der Waals surface area contributed by atoms with Crippen LogP contribution >= 0.6 is 11.6 Å². The molecule has 2 aromatic carbocycles. The van der Waals surface area contributed by atoms with E-state index in [4.69, 9.17) is 16.3 Å². The largest absolute Gasteiger partial charge is 0.495 e. The van der Waals surface area contributed by atoms with E-state index in [9.17, 15) is 13.2 Å². The van der Waals surface area contributed by atoms with Crippen LogP contribution in [0.4, 0.5) is 5.69 Å². The number of amides is 1.